The highest BCUT2D eigenvalue weighted by atomic mass is 14.9. The predicted octanol–water partition coefficient (Wildman–Crippen LogP) is 30.5. The molecule has 16 aromatic rings. The molecule has 0 radical (unpaired) electrons. The van der Waals surface area contributed by atoms with Crippen LogP contribution in [-0.4, -0.2) is 0 Å². The van der Waals surface area contributed by atoms with Gasteiger partial charge in [0.25, 0.3) is 0 Å². The number of aromatic nitrogens is 4. The normalized spacial score (nSPS) is 17.5. The third-order valence-electron chi connectivity index (χ3n) is 33.2. The highest BCUT2D eigenvalue weighted by molar-refractivity contribution is 6.02. The molecule has 0 atom stereocenters. The van der Waals surface area contributed by atoms with Crippen LogP contribution in [0.4, 0.5) is 0 Å². The number of benzene rings is 12. The van der Waals surface area contributed by atoms with E-state index in [0.717, 1.165) is 56.2 Å². The molecule has 0 fully saturated rings. The second-order valence-corrected chi connectivity index (χ2v) is 42.6. The Bertz CT molecular complexity index is 7680. The van der Waals surface area contributed by atoms with Crippen LogP contribution in [0.3, 0.4) is 0 Å². The molecule has 129 heavy (non-hydrogen) atoms. The second kappa shape index (κ2) is 31.6. The van der Waals surface area contributed by atoms with Crippen molar-refractivity contribution in [1.29, 1.82) is 0 Å². The van der Waals surface area contributed by atoms with Gasteiger partial charge in [-0.05, 0) is 326 Å². The summed E-state index contributed by atoms with van der Waals surface area (Å²) in [5.74, 6) is -0.636. The first kappa shape index (κ1) is 77.2. The zero-order valence-corrected chi connectivity index (χ0v) is 82.0. The van der Waals surface area contributed by atoms with Gasteiger partial charge in [-0.1, -0.05) is 276 Å². The summed E-state index contributed by atoms with van der Waals surface area (Å²) in [5, 5.41) is 10.3. The van der Waals surface area contributed by atoms with Crippen molar-refractivity contribution in [3.05, 3.63) is 355 Å². The van der Waals surface area contributed by atoms with Gasteiger partial charge in [-0.3, -0.25) is 0 Å². The maximum Gasteiger partial charge on any atom is 0.213 e. The van der Waals surface area contributed by atoms with Crippen LogP contribution in [-0.2, 0) is 71.5 Å². The van der Waals surface area contributed by atoms with Crippen molar-refractivity contribution in [2.45, 2.75) is 243 Å². The smallest absolute Gasteiger partial charge is 0.201 e. The standard InChI is InChI=1S/C32H36N.3C31H34N/c1-20(2)22-13-14-33(8)30(18-22)25-19-27-26-16-23-11-9-10-12-24(23)17-29(26)32(6,7)31(4,5)28(27)15-21(25)3;1-19-13-16-25-28(27(19)26-17-20(2)21(3)18-32(26)8)24-15-14-22-11-9-10-12-23(22)29(24)31(6,7)30(25,4)5;1-19-15-28(32(8)18-20(19)2)24-13-14-26-29(21(24)3)25-16-22-11-9-10-12-23(22)17-27(25)31(6,7)30(26,4)5;1-19-17-27(32(8)18-20(19)2)23-15-16-26-28(21(23)3)25-14-13-22-11-9-10-12-24(22)29(25)31(6,7)30(26,4)5/h9-20H,1-8H3;3*9-18H,1-8H3/q4*+1/i20D;3D3;2*2D3. The Kier molecular flexibility index (Phi) is 18.9. The molecule has 4 aliphatic carbocycles. The van der Waals surface area contributed by atoms with Gasteiger partial charge in [-0.15, -0.1) is 0 Å². The van der Waals surface area contributed by atoms with Crippen molar-refractivity contribution in [2.75, 3.05) is 0 Å². The van der Waals surface area contributed by atoms with Crippen molar-refractivity contribution >= 4 is 43.1 Å². The summed E-state index contributed by atoms with van der Waals surface area (Å²) < 4.78 is 88.0. The van der Waals surface area contributed by atoms with Crippen LogP contribution in [0, 0.1) is 69.0 Å². The molecule has 4 aromatic heterocycles. The number of rotatable bonds is 5. The predicted molar refractivity (Wildman–Crippen MR) is 550 cm³/mol. The second-order valence-electron chi connectivity index (χ2n) is 42.6. The van der Waals surface area contributed by atoms with Gasteiger partial charge < -0.3 is 0 Å². The van der Waals surface area contributed by atoms with Crippen molar-refractivity contribution < 1.29 is 32.0 Å². The van der Waals surface area contributed by atoms with E-state index in [0.29, 0.717) is 16.7 Å². The lowest BCUT2D eigenvalue weighted by Crippen LogP contribution is -2.44. The molecule has 4 heteroatoms. The lowest BCUT2D eigenvalue weighted by atomic mass is 9.54. The van der Waals surface area contributed by atoms with E-state index in [1.54, 1.807) is 18.6 Å². The van der Waals surface area contributed by atoms with Crippen LogP contribution in [0.2, 0.25) is 0 Å². The lowest BCUT2D eigenvalue weighted by Gasteiger charge is -2.49. The molecule has 0 amide bonds. The number of hydrogen-bond donors (Lipinski definition) is 0. The number of aryl methyl sites for hydroxylation is 12. The van der Waals surface area contributed by atoms with Gasteiger partial charge in [0.15, 0.2) is 24.8 Å². The van der Waals surface area contributed by atoms with Crippen LogP contribution >= 0.6 is 0 Å². The summed E-state index contributed by atoms with van der Waals surface area (Å²) in [6.45, 7) is 50.0. The molecular weight excluding hydrogens is 1560 g/mol. The summed E-state index contributed by atoms with van der Waals surface area (Å²) in [7, 11) is 7.94. The van der Waals surface area contributed by atoms with Gasteiger partial charge in [0, 0.05) is 88.3 Å². The summed E-state index contributed by atoms with van der Waals surface area (Å²) >= 11 is 0. The van der Waals surface area contributed by atoms with E-state index >= 15 is 0 Å². The zero-order valence-electron chi connectivity index (χ0n) is 92.0. The Morgan fingerprint density at radius 2 is 0.589 bits per heavy atom. The van der Waals surface area contributed by atoms with Gasteiger partial charge in [-0.25, -0.2) is 18.3 Å². The van der Waals surface area contributed by atoms with E-state index in [9.17, 15) is 0 Å². The fourth-order valence-electron chi connectivity index (χ4n) is 22.4. The summed E-state index contributed by atoms with van der Waals surface area (Å²) in [6, 6.07) is 82.1. The van der Waals surface area contributed by atoms with Crippen molar-refractivity contribution in [3.63, 3.8) is 0 Å². The molecule has 20 rings (SSSR count). The highest BCUT2D eigenvalue weighted by Gasteiger charge is 2.52. The molecule has 4 nitrogen and oxygen atoms in total. The first-order valence-corrected chi connectivity index (χ1v) is 46.3. The van der Waals surface area contributed by atoms with Crippen molar-refractivity contribution in [3.8, 4) is 89.5 Å². The van der Waals surface area contributed by atoms with Crippen LogP contribution in [0.5, 0.6) is 0 Å². The average molecular weight is 1710 g/mol. The summed E-state index contributed by atoms with van der Waals surface area (Å²) in [6.07, 6.45) is 7.42. The third-order valence-corrected chi connectivity index (χ3v) is 33.2. The van der Waals surface area contributed by atoms with Crippen molar-refractivity contribution in [1.82, 2.24) is 0 Å². The fraction of sp³-hybridized carbons (Fsp3) is 0.328. The molecule has 0 N–H and O–H groups in total. The minimum Gasteiger partial charge on any atom is -0.201 e. The van der Waals surface area contributed by atoms with Gasteiger partial charge >= 0.3 is 0 Å². The fourth-order valence-corrected chi connectivity index (χ4v) is 22.4. The first-order chi connectivity index (χ1) is 64.6. The molecule has 0 saturated heterocycles. The summed E-state index contributed by atoms with van der Waals surface area (Å²) in [4.78, 5) is 0. The highest BCUT2D eigenvalue weighted by Crippen LogP contribution is 2.62. The minimum absolute atomic E-state index is 0.00680. The third kappa shape index (κ3) is 13.9. The maximum atomic E-state index is 8.57. The monoisotopic (exact) mass is 1710 g/mol. The van der Waals surface area contributed by atoms with Gasteiger partial charge in [0.05, 0.1) is 5.56 Å². The van der Waals surface area contributed by atoms with Gasteiger partial charge in [0.1, 0.15) is 28.2 Å². The van der Waals surface area contributed by atoms with Crippen LogP contribution in [0.25, 0.3) is 133 Å². The molecule has 654 valence electrons. The van der Waals surface area contributed by atoms with E-state index in [2.05, 4.69) is 369 Å². The van der Waals surface area contributed by atoms with Gasteiger partial charge in [-0.2, -0.15) is 0 Å². The number of nitrogens with zero attached hydrogens (tertiary/aromatic N) is 4. The molecule has 4 aliphatic rings. The van der Waals surface area contributed by atoms with Gasteiger partial charge in [0.2, 0.25) is 22.8 Å². The van der Waals surface area contributed by atoms with E-state index in [4.69, 9.17) is 13.7 Å². The molecule has 0 unspecified atom stereocenters. The van der Waals surface area contributed by atoms with E-state index < -0.39 is 26.4 Å². The van der Waals surface area contributed by atoms with E-state index in [-0.39, 0.29) is 43.3 Å². The molecule has 0 saturated carbocycles. The largest absolute Gasteiger partial charge is 0.213 e. The van der Waals surface area contributed by atoms with Crippen LogP contribution in [0.15, 0.2) is 249 Å². The SMILES string of the molecule is [2H]C(C)(C)c1cc[n+](C)c(-c2cc3c(cc2C)C(C)(C)C(C)(C)c2cc4ccccc4cc2-3)c1.[2H]C([2H])([2H])c1c[n+](C)c(-c2c(C)ccc3c2-c2ccc4ccccc4c2C(C)(C)C3(C)C)cc1C.[2H]C([2H])([2H])c1c[n+](C)c(-c2ccc3c(c2C)-c2cc4ccccc4cc2C(C)(C)C3(C)C)cc1C.[2H]C([2H])([2H])c1c[n+](C)c(-c2ccc3c(c2C)-c2ccc4ccccc4c2C(C)(C)C3(C)C)cc1C. The Hall–Kier alpha value is -11.7. The van der Waals surface area contributed by atoms with Crippen LogP contribution in [0.1, 0.15) is 250 Å². The first-order valence-electron chi connectivity index (χ1n) is 51.3. The zero-order chi connectivity index (χ0) is 101. The minimum atomic E-state index is -2.14. The van der Waals surface area contributed by atoms with E-state index in [1.807, 2.05) is 81.6 Å². The van der Waals surface area contributed by atoms with Crippen LogP contribution < -0.4 is 18.3 Å². The Morgan fingerprint density at radius 1 is 0.248 bits per heavy atom. The summed E-state index contributed by atoms with van der Waals surface area (Å²) in [5.41, 5.74) is 39.6. The Morgan fingerprint density at radius 3 is 1.05 bits per heavy atom. The number of fused-ring (bicyclic) bond motifs is 18. The number of pyridine rings is 4. The molecule has 0 spiro atoms. The Balaban J connectivity index is 0.000000128. The van der Waals surface area contributed by atoms with Crippen molar-refractivity contribution in [2.24, 2.45) is 28.2 Å². The molecule has 0 bridgehead atoms. The molecule has 0 aliphatic heterocycles. The number of hydrogen-bond acceptors (Lipinski definition) is 0. The molecule has 12 aromatic carbocycles. The average Bonchev–Trinajstić information content (AvgIpc) is 0.707. The lowest BCUT2D eigenvalue weighted by molar-refractivity contribution is -0.660. The topological polar surface area (TPSA) is 15.5 Å². The Labute approximate surface area is 786 Å². The quantitative estimate of drug-likeness (QED) is 0.153. The van der Waals surface area contributed by atoms with E-state index in [1.165, 1.54) is 165 Å². The molecule has 4 heterocycles. The molecular formula is C125H138N4+4. The maximum absolute atomic E-state index is 8.57.